The molecule has 0 amide bonds. The largest absolute Gasteiger partial charge is 0.264 e. The third-order valence-corrected chi connectivity index (χ3v) is 4.13. The summed E-state index contributed by atoms with van der Waals surface area (Å²) in [6.07, 6.45) is 0. The molecule has 0 spiro atoms. The van der Waals surface area contributed by atoms with E-state index in [2.05, 4.69) is 27.7 Å². The second-order valence-electron chi connectivity index (χ2n) is 3.73. The Morgan fingerprint density at radius 1 is 1.31 bits per heavy atom. The average Bonchev–Trinajstić information content (AvgIpc) is 2.50. The van der Waals surface area contributed by atoms with Gasteiger partial charge in [-0.3, -0.25) is 4.68 Å². The molecule has 0 aliphatic heterocycles. The fourth-order valence-corrected chi connectivity index (χ4v) is 2.00. The van der Waals surface area contributed by atoms with E-state index in [-0.39, 0.29) is 5.82 Å². The van der Waals surface area contributed by atoms with E-state index in [1.807, 2.05) is 24.6 Å². The lowest BCUT2D eigenvalue weighted by molar-refractivity contribution is 0.578. The summed E-state index contributed by atoms with van der Waals surface area (Å²) in [5.41, 5.74) is 2.75. The third kappa shape index (κ3) is 2.11. The lowest BCUT2D eigenvalue weighted by Crippen LogP contribution is -2.05. The minimum atomic E-state index is -0.176. The van der Waals surface area contributed by atoms with Crippen molar-refractivity contribution in [1.29, 1.82) is 0 Å². The molecule has 1 aromatic heterocycles. The number of halogens is 2. The molecule has 0 saturated carbocycles. The van der Waals surface area contributed by atoms with Crippen molar-refractivity contribution < 1.29 is 4.39 Å². The maximum absolute atomic E-state index is 13.5. The van der Waals surface area contributed by atoms with Crippen LogP contribution >= 0.6 is 22.6 Å². The topological polar surface area (TPSA) is 17.8 Å². The standard InChI is InChI=1S/C12H12FIN2/c1-8-12(14)9(2)16(15-8)7-10-5-3-4-6-11(10)13/h3-6H,7H2,1-2H3. The Balaban J connectivity index is 2.34. The maximum Gasteiger partial charge on any atom is 0.128 e. The van der Waals surface area contributed by atoms with E-state index in [9.17, 15) is 4.39 Å². The van der Waals surface area contributed by atoms with Crippen LogP contribution in [-0.4, -0.2) is 9.78 Å². The molecule has 1 aromatic carbocycles. The van der Waals surface area contributed by atoms with Gasteiger partial charge in [-0.05, 0) is 42.5 Å². The van der Waals surface area contributed by atoms with Crippen LogP contribution < -0.4 is 0 Å². The summed E-state index contributed by atoms with van der Waals surface area (Å²) in [4.78, 5) is 0. The van der Waals surface area contributed by atoms with Crippen LogP contribution in [0.3, 0.4) is 0 Å². The van der Waals surface area contributed by atoms with Crippen molar-refractivity contribution in [1.82, 2.24) is 9.78 Å². The van der Waals surface area contributed by atoms with Gasteiger partial charge >= 0.3 is 0 Å². The minimum absolute atomic E-state index is 0.176. The highest BCUT2D eigenvalue weighted by atomic mass is 127. The summed E-state index contributed by atoms with van der Waals surface area (Å²) >= 11 is 2.26. The zero-order chi connectivity index (χ0) is 11.7. The molecule has 0 fully saturated rings. The number of aromatic nitrogens is 2. The van der Waals surface area contributed by atoms with Crippen molar-refractivity contribution >= 4 is 22.6 Å². The van der Waals surface area contributed by atoms with E-state index in [4.69, 9.17) is 0 Å². The number of hydrogen-bond donors (Lipinski definition) is 0. The Kier molecular flexibility index (Phi) is 3.28. The van der Waals surface area contributed by atoms with Gasteiger partial charge in [0.2, 0.25) is 0 Å². The van der Waals surface area contributed by atoms with Crippen LogP contribution in [0.25, 0.3) is 0 Å². The molecule has 2 rings (SSSR count). The molecule has 0 bridgehead atoms. The number of benzene rings is 1. The summed E-state index contributed by atoms with van der Waals surface area (Å²) in [5.74, 6) is -0.176. The predicted octanol–water partition coefficient (Wildman–Crippen LogP) is 3.29. The highest BCUT2D eigenvalue weighted by Crippen LogP contribution is 2.17. The lowest BCUT2D eigenvalue weighted by Gasteiger charge is -2.05. The van der Waals surface area contributed by atoms with E-state index in [1.165, 1.54) is 6.07 Å². The molecule has 0 unspecified atom stereocenters. The molecule has 1 heterocycles. The molecule has 84 valence electrons. The summed E-state index contributed by atoms with van der Waals surface area (Å²) < 4.78 is 16.5. The van der Waals surface area contributed by atoms with Crippen LogP contribution in [-0.2, 0) is 6.54 Å². The van der Waals surface area contributed by atoms with Crippen LogP contribution in [0.4, 0.5) is 4.39 Å². The van der Waals surface area contributed by atoms with Gasteiger partial charge in [0.15, 0.2) is 0 Å². The van der Waals surface area contributed by atoms with Crippen molar-refractivity contribution in [2.75, 3.05) is 0 Å². The van der Waals surface area contributed by atoms with Gasteiger partial charge in [0.25, 0.3) is 0 Å². The van der Waals surface area contributed by atoms with E-state index < -0.39 is 0 Å². The first-order valence-electron chi connectivity index (χ1n) is 5.02. The van der Waals surface area contributed by atoms with Gasteiger partial charge in [0, 0.05) is 11.3 Å². The second kappa shape index (κ2) is 4.53. The molecular formula is C12H12FIN2. The molecule has 4 heteroatoms. The van der Waals surface area contributed by atoms with Gasteiger partial charge in [-0.15, -0.1) is 0 Å². The molecule has 0 aliphatic carbocycles. The van der Waals surface area contributed by atoms with Crippen LogP contribution in [0.5, 0.6) is 0 Å². The Hall–Kier alpha value is -0.910. The number of hydrogen-bond acceptors (Lipinski definition) is 1. The summed E-state index contributed by atoms with van der Waals surface area (Å²) in [5, 5.41) is 4.39. The van der Waals surface area contributed by atoms with Crippen LogP contribution in [0, 0.1) is 23.2 Å². The number of rotatable bonds is 2. The zero-order valence-corrected chi connectivity index (χ0v) is 11.3. The monoisotopic (exact) mass is 330 g/mol. The third-order valence-electron chi connectivity index (χ3n) is 2.57. The summed E-state index contributed by atoms with van der Waals surface area (Å²) in [7, 11) is 0. The quantitative estimate of drug-likeness (QED) is 0.773. The second-order valence-corrected chi connectivity index (χ2v) is 4.81. The number of aryl methyl sites for hydroxylation is 1. The van der Waals surface area contributed by atoms with Gasteiger partial charge in [0.1, 0.15) is 5.82 Å². The van der Waals surface area contributed by atoms with E-state index in [0.29, 0.717) is 12.1 Å². The summed E-state index contributed by atoms with van der Waals surface area (Å²) in [6.45, 7) is 4.46. The molecule has 2 nitrogen and oxygen atoms in total. The molecule has 0 radical (unpaired) electrons. The van der Waals surface area contributed by atoms with E-state index in [1.54, 1.807) is 12.1 Å². The maximum atomic E-state index is 13.5. The van der Waals surface area contributed by atoms with Gasteiger partial charge < -0.3 is 0 Å². The van der Waals surface area contributed by atoms with Crippen molar-refractivity contribution in [3.63, 3.8) is 0 Å². The van der Waals surface area contributed by atoms with Crippen LogP contribution in [0.1, 0.15) is 17.0 Å². The van der Waals surface area contributed by atoms with Crippen molar-refractivity contribution in [3.8, 4) is 0 Å². The molecule has 0 saturated heterocycles. The van der Waals surface area contributed by atoms with Gasteiger partial charge in [0.05, 0.1) is 15.8 Å². The fraction of sp³-hybridized carbons (Fsp3) is 0.250. The Bertz CT molecular complexity index is 520. The highest BCUT2D eigenvalue weighted by molar-refractivity contribution is 14.1. The Labute approximate surface area is 108 Å². The average molecular weight is 330 g/mol. The van der Waals surface area contributed by atoms with Gasteiger partial charge in [-0.1, -0.05) is 18.2 Å². The van der Waals surface area contributed by atoms with Crippen molar-refractivity contribution in [2.45, 2.75) is 20.4 Å². The Morgan fingerprint density at radius 2 is 2.00 bits per heavy atom. The van der Waals surface area contributed by atoms with E-state index >= 15 is 0 Å². The Morgan fingerprint density at radius 3 is 2.56 bits per heavy atom. The molecule has 0 aliphatic rings. The fourth-order valence-electron chi connectivity index (χ4n) is 1.62. The van der Waals surface area contributed by atoms with Gasteiger partial charge in [-0.2, -0.15) is 5.10 Å². The predicted molar refractivity (Wildman–Crippen MR) is 69.9 cm³/mol. The molecule has 2 aromatic rings. The minimum Gasteiger partial charge on any atom is -0.264 e. The normalized spacial score (nSPS) is 10.8. The summed E-state index contributed by atoms with van der Waals surface area (Å²) in [6, 6.07) is 6.81. The molecule has 0 atom stereocenters. The smallest absolute Gasteiger partial charge is 0.128 e. The van der Waals surface area contributed by atoms with Gasteiger partial charge in [-0.25, -0.2) is 4.39 Å². The molecular weight excluding hydrogens is 318 g/mol. The molecule has 16 heavy (non-hydrogen) atoms. The van der Waals surface area contributed by atoms with Crippen molar-refractivity contribution in [2.24, 2.45) is 0 Å². The zero-order valence-electron chi connectivity index (χ0n) is 9.17. The van der Waals surface area contributed by atoms with E-state index in [0.717, 1.165) is 15.0 Å². The van der Waals surface area contributed by atoms with Crippen LogP contribution in [0.15, 0.2) is 24.3 Å². The highest BCUT2D eigenvalue weighted by Gasteiger charge is 2.10. The van der Waals surface area contributed by atoms with Crippen molar-refractivity contribution in [3.05, 3.63) is 50.6 Å². The first kappa shape index (κ1) is 11.6. The van der Waals surface area contributed by atoms with Crippen LogP contribution in [0.2, 0.25) is 0 Å². The molecule has 0 N–H and O–H groups in total. The lowest BCUT2D eigenvalue weighted by atomic mass is 10.2. The number of nitrogens with zero attached hydrogens (tertiary/aromatic N) is 2. The first-order chi connectivity index (χ1) is 7.59. The first-order valence-corrected chi connectivity index (χ1v) is 6.10. The SMILES string of the molecule is Cc1nn(Cc2ccccc2F)c(C)c1I.